The number of ether oxygens (including phenoxy) is 1. The van der Waals surface area contributed by atoms with Crippen molar-refractivity contribution in [1.29, 1.82) is 0 Å². The third-order valence-corrected chi connectivity index (χ3v) is 3.88. The molecule has 0 bridgehead atoms. The Hall–Kier alpha value is -1.88. The van der Waals surface area contributed by atoms with E-state index in [1.807, 2.05) is 6.92 Å². The Balaban J connectivity index is 1.87. The number of benzene rings is 1. The maximum Gasteiger partial charge on any atom is 0.235 e. The van der Waals surface area contributed by atoms with E-state index >= 15 is 0 Å². The second-order valence-corrected chi connectivity index (χ2v) is 5.27. The first-order chi connectivity index (χ1) is 10.3. The Bertz CT molecular complexity index is 580. The van der Waals surface area contributed by atoms with Crippen LogP contribution in [0.3, 0.4) is 0 Å². The van der Waals surface area contributed by atoms with E-state index in [1.54, 1.807) is 18.5 Å². The van der Waals surface area contributed by atoms with Crippen molar-refractivity contribution >= 4 is 0 Å². The van der Waals surface area contributed by atoms with Gasteiger partial charge in [-0.3, -0.25) is 0 Å². The summed E-state index contributed by atoms with van der Waals surface area (Å²) in [7, 11) is 0. The summed E-state index contributed by atoms with van der Waals surface area (Å²) < 4.78 is 24.9. The van der Waals surface area contributed by atoms with Gasteiger partial charge in [0.1, 0.15) is 17.8 Å². The monoisotopic (exact) mass is 290 g/mol. The van der Waals surface area contributed by atoms with Crippen LogP contribution >= 0.6 is 0 Å². The zero-order valence-corrected chi connectivity index (χ0v) is 12.0. The molecule has 112 valence electrons. The van der Waals surface area contributed by atoms with Gasteiger partial charge < -0.3 is 14.5 Å². The highest BCUT2D eigenvalue weighted by Gasteiger charge is 2.31. The van der Waals surface area contributed by atoms with Gasteiger partial charge in [-0.1, -0.05) is 6.92 Å². The predicted molar refractivity (Wildman–Crippen MR) is 76.6 cm³/mol. The molecule has 1 N–H and O–H groups in total. The van der Waals surface area contributed by atoms with Crippen LogP contribution in [0.4, 0.5) is 4.39 Å². The van der Waals surface area contributed by atoms with E-state index < -0.39 is 0 Å². The van der Waals surface area contributed by atoms with Crippen LogP contribution in [-0.4, -0.2) is 18.1 Å². The third-order valence-electron chi connectivity index (χ3n) is 3.88. The van der Waals surface area contributed by atoms with Gasteiger partial charge in [0.05, 0.1) is 6.20 Å². The van der Waals surface area contributed by atoms with Gasteiger partial charge in [0.2, 0.25) is 5.89 Å². The van der Waals surface area contributed by atoms with Crippen LogP contribution in [0.25, 0.3) is 0 Å². The summed E-state index contributed by atoms with van der Waals surface area (Å²) in [5, 5.41) is 3.33. The van der Waals surface area contributed by atoms with E-state index in [0.29, 0.717) is 24.0 Å². The van der Waals surface area contributed by atoms with Crippen LogP contribution in [0.2, 0.25) is 0 Å². The lowest BCUT2D eigenvalue weighted by molar-refractivity contribution is 0.113. The molecule has 1 aliphatic rings. The quantitative estimate of drug-likeness (QED) is 0.919. The zero-order valence-electron chi connectivity index (χ0n) is 12.0. The zero-order chi connectivity index (χ0) is 14.7. The fraction of sp³-hybridized carbons (Fsp3) is 0.438. The number of nitrogens with one attached hydrogen (secondary N) is 1. The van der Waals surface area contributed by atoms with E-state index in [0.717, 1.165) is 25.1 Å². The van der Waals surface area contributed by atoms with Crippen molar-refractivity contribution in [3.8, 4) is 5.75 Å². The van der Waals surface area contributed by atoms with Gasteiger partial charge in [-0.25, -0.2) is 9.37 Å². The first kappa shape index (κ1) is 14.1. The number of rotatable bonds is 5. The van der Waals surface area contributed by atoms with E-state index in [9.17, 15) is 4.39 Å². The minimum atomic E-state index is -0.245. The first-order valence-corrected chi connectivity index (χ1v) is 7.33. The Morgan fingerprint density at radius 3 is 3.10 bits per heavy atom. The van der Waals surface area contributed by atoms with E-state index in [-0.39, 0.29) is 11.9 Å². The molecule has 1 aromatic heterocycles. The summed E-state index contributed by atoms with van der Waals surface area (Å²) in [6, 6.07) is 4.63. The van der Waals surface area contributed by atoms with Gasteiger partial charge in [0.15, 0.2) is 6.10 Å². The summed E-state index contributed by atoms with van der Waals surface area (Å²) in [4.78, 5) is 4.24. The van der Waals surface area contributed by atoms with Crippen molar-refractivity contribution in [3.63, 3.8) is 0 Å². The van der Waals surface area contributed by atoms with Crippen LogP contribution < -0.4 is 10.1 Å². The molecule has 1 aromatic carbocycles. The molecule has 1 unspecified atom stereocenters. The van der Waals surface area contributed by atoms with Crippen molar-refractivity contribution in [2.75, 3.05) is 13.1 Å². The van der Waals surface area contributed by atoms with Crippen LogP contribution in [0.15, 0.2) is 35.1 Å². The van der Waals surface area contributed by atoms with E-state index in [4.69, 9.17) is 9.15 Å². The minimum absolute atomic E-state index is 0.241. The van der Waals surface area contributed by atoms with Crippen molar-refractivity contribution in [2.45, 2.75) is 25.9 Å². The smallest absolute Gasteiger partial charge is 0.235 e. The molecule has 5 heteroatoms. The summed E-state index contributed by atoms with van der Waals surface area (Å²) in [6.45, 7) is 3.82. The Morgan fingerprint density at radius 2 is 2.43 bits per heavy atom. The number of oxazole rings is 1. The van der Waals surface area contributed by atoms with Gasteiger partial charge in [-0.15, -0.1) is 0 Å². The second kappa shape index (κ2) is 6.26. The molecule has 1 aliphatic heterocycles. The van der Waals surface area contributed by atoms with Crippen LogP contribution in [0.5, 0.6) is 5.75 Å². The topological polar surface area (TPSA) is 47.3 Å². The molecule has 1 fully saturated rings. The van der Waals surface area contributed by atoms with E-state index in [2.05, 4.69) is 10.3 Å². The van der Waals surface area contributed by atoms with Crippen molar-refractivity contribution < 1.29 is 13.5 Å². The van der Waals surface area contributed by atoms with E-state index in [1.165, 1.54) is 12.1 Å². The molecule has 0 spiro atoms. The standard InChI is InChI=1S/C16H19FN2O2/c1-2-11-9-13(17)3-4-14(11)21-15(12-5-6-18-10-12)16-19-7-8-20-16/h3-4,7-9,12,15,18H,2,5-6,10H2,1H3/t12?,15-/m0/s1. The highest BCUT2D eigenvalue weighted by Crippen LogP contribution is 2.33. The molecule has 0 amide bonds. The van der Waals surface area contributed by atoms with Crippen LogP contribution in [0, 0.1) is 11.7 Å². The lowest BCUT2D eigenvalue weighted by Crippen LogP contribution is -2.22. The molecule has 4 nitrogen and oxygen atoms in total. The molecule has 2 aromatic rings. The van der Waals surface area contributed by atoms with Gasteiger partial charge >= 0.3 is 0 Å². The molecule has 21 heavy (non-hydrogen) atoms. The van der Waals surface area contributed by atoms with Crippen LogP contribution in [-0.2, 0) is 6.42 Å². The largest absolute Gasteiger partial charge is 0.480 e. The summed E-state index contributed by atoms with van der Waals surface area (Å²) in [5.74, 6) is 1.34. The van der Waals surface area contributed by atoms with Gasteiger partial charge in [0, 0.05) is 12.5 Å². The molecule has 0 saturated carbocycles. The molecular weight excluding hydrogens is 271 g/mol. The van der Waals surface area contributed by atoms with Crippen molar-refractivity contribution in [3.05, 3.63) is 47.9 Å². The Labute approximate surface area is 123 Å². The molecule has 0 aliphatic carbocycles. The predicted octanol–water partition coefficient (Wildman–Crippen LogP) is 3.11. The van der Waals surface area contributed by atoms with Crippen molar-refractivity contribution in [2.24, 2.45) is 5.92 Å². The molecular formula is C16H19FN2O2. The third kappa shape index (κ3) is 3.08. The number of hydrogen-bond donors (Lipinski definition) is 1. The Kier molecular flexibility index (Phi) is 4.20. The lowest BCUT2D eigenvalue weighted by Gasteiger charge is -2.23. The molecule has 2 atom stereocenters. The SMILES string of the molecule is CCc1cc(F)ccc1O[C@H](c1ncco1)C1CCNC1. The second-order valence-electron chi connectivity index (χ2n) is 5.27. The van der Waals surface area contributed by atoms with Gasteiger partial charge in [-0.2, -0.15) is 0 Å². The highest BCUT2D eigenvalue weighted by molar-refractivity contribution is 5.34. The first-order valence-electron chi connectivity index (χ1n) is 7.33. The maximum atomic E-state index is 13.3. The number of halogens is 1. The fourth-order valence-corrected chi connectivity index (χ4v) is 2.73. The molecule has 0 radical (unpaired) electrons. The fourth-order valence-electron chi connectivity index (χ4n) is 2.73. The van der Waals surface area contributed by atoms with Crippen molar-refractivity contribution in [1.82, 2.24) is 10.3 Å². The van der Waals surface area contributed by atoms with Crippen LogP contribution in [0.1, 0.15) is 30.9 Å². The van der Waals surface area contributed by atoms with Gasteiger partial charge in [0.25, 0.3) is 0 Å². The molecule has 3 rings (SSSR count). The maximum absolute atomic E-state index is 13.3. The highest BCUT2D eigenvalue weighted by atomic mass is 19.1. The molecule has 1 saturated heterocycles. The average Bonchev–Trinajstić information content (AvgIpc) is 3.19. The number of aryl methyl sites for hydroxylation is 1. The molecule has 2 heterocycles. The summed E-state index contributed by atoms with van der Waals surface area (Å²) in [6.07, 6.45) is 4.66. The number of aromatic nitrogens is 1. The summed E-state index contributed by atoms with van der Waals surface area (Å²) >= 11 is 0. The Morgan fingerprint density at radius 1 is 1.52 bits per heavy atom. The number of hydrogen-bond acceptors (Lipinski definition) is 4. The lowest BCUT2D eigenvalue weighted by atomic mass is 10.0. The number of nitrogens with zero attached hydrogens (tertiary/aromatic N) is 1. The normalized spacial score (nSPS) is 19.6. The minimum Gasteiger partial charge on any atom is -0.480 e. The summed E-state index contributed by atoms with van der Waals surface area (Å²) in [5.41, 5.74) is 0.859. The average molecular weight is 290 g/mol. The van der Waals surface area contributed by atoms with Gasteiger partial charge in [-0.05, 0) is 43.1 Å².